The van der Waals surface area contributed by atoms with E-state index in [4.69, 9.17) is 17.0 Å². The van der Waals surface area contributed by atoms with Crippen molar-refractivity contribution in [3.8, 4) is 11.1 Å². The van der Waals surface area contributed by atoms with Crippen LogP contribution in [0.5, 0.6) is 0 Å². The van der Waals surface area contributed by atoms with Gasteiger partial charge in [-0.15, -0.1) is 11.3 Å². The van der Waals surface area contributed by atoms with Gasteiger partial charge < -0.3 is 19.9 Å². The van der Waals surface area contributed by atoms with Crippen LogP contribution >= 0.6 is 23.6 Å². The number of pyridine rings is 1. The largest absolute Gasteiger partial charge is 0.462 e. The average Bonchev–Trinajstić information content (AvgIpc) is 3.16. The number of thiocarbonyl (C=S) groups is 1. The molecule has 166 valence electrons. The maximum atomic E-state index is 12.9. The van der Waals surface area contributed by atoms with Crippen molar-refractivity contribution < 1.29 is 9.53 Å². The first-order chi connectivity index (χ1) is 15.6. The van der Waals surface area contributed by atoms with Gasteiger partial charge in [0.05, 0.1) is 6.61 Å². The Hall–Kier alpha value is -2.97. The Bertz CT molecular complexity index is 1080. The number of anilines is 2. The molecule has 1 aromatic carbocycles. The summed E-state index contributed by atoms with van der Waals surface area (Å²) in [5.41, 5.74) is 2.45. The van der Waals surface area contributed by atoms with Crippen molar-refractivity contribution in [3.05, 3.63) is 65.2 Å². The standard InChI is InChI=1S/C24H26N4O2S2/c1-3-30-23(29)21-20(18-9-5-4-6-10-18)17(2)32-22(21)26-24(31)28-15-13-27(14-16-28)19-11-7-8-12-25-19/h4-12H,3,13-16H2,1-2H3,(H,26,31). The van der Waals surface area contributed by atoms with Crippen molar-refractivity contribution in [2.45, 2.75) is 13.8 Å². The number of thiophene rings is 1. The number of piperazine rings is 1. The normalized spacial score (nSPS) is 13.7. The van der Waals surface area contributed by atoms with Crippen LogP contribution in [0.2, 0.25) is 0 Å². The van der Waals surface area contributed by atoms with E-state index < -0.39 is 0 Å². The van der Waals surface area contributed by atoms with Gasteiger partial charge in [0.1, 0.15) is 16.4 Å². The van der Waals surface area contributed by atoms with Gasteiger partial charge in [0.25, 0.3) is 0 Å². The second kappa shape index (κ2) is 10.1. The summed E-state index contributed by atoms with van der Waals surface area (Å²) in [6, 6.07) is 15.9. The smallest absolute Gasteiger partial charge is 0.341 e. The third-order valence-corrected chi connectivity index (χ3v) is 6.77. The molecule has 0 atom stereocenters. The van der Waals surface area contributed by atoms with E-state index in [1.165, 1.54) is 11.3 Å². The number of hydrogen-bond donors (Lipinski definition) is 1. The molecule has 0 unspecified atom stereocenters. The van der Waals surface area contributed by atoms with Crippen molar-refractivity contribution in [2.75, 3.05) is 43.0 Å². The summed E-state index contributed by atoms with van der Waals surface area (Å²) in [6.45, 7) is 7.40. The number of carbonyl (C=O) groups is 1. The lowest BCUT2D eigenvalue weighted by molar-refractivity contribution is 0.0529. The highest BCUT2D eigenvalue weighted by Gasteiger charge is 2.26. The predicted octanol–water partition coefficient (Wildman–Crippen LogP) is 4.81. The number of ether oxygens (including phenoxy) is 1. The minimum Gasteiger partial charge on any atom is -0.462 e. The first-order valence-electron chi connectivity index (χ1n) is 10.7. The summed E-state index contributed by atoms with van der Waals surface area (Å²) >= 11 is 7.26. The maximum absolute atomic E-state index is 12.9. The van der Waals surface area contributed by atoms with Crippen molar-refractivity contribution >= 4 is 45.5 Å². The van der Waals surface area contributed by atoms with Gasteiger partial charge in [-0.3, -0.25) is 0 Å². The molecule has 1 fully saturated rings. The van der Waals surface area contributed by atoms with Gasteiger partial charge in [0.2, 0.25) is 0 Å². The van der Waals surface area contributed by atoms with E-state index in [-0.39, 0.29) is 5.97 Å². The van der Waals surface area contributed by atoms with Gasteiger partial charge in [-0.2, -0.15) is 0 Å². The number of rotatable bonds is 5. The van der Waals surface area contributed by atoms with E-state index in [0.717, 1.165) is 53.0 Å². The van der Waals surface area contributed by atoms with Gasteiger partial charge in [0, 0.05) is 42.8 Å². The van der Waals surface area contributed by atoms with E-state index in [1.807, 2.05) is 68.6 Å². The average molecular weight is 467 g/mol. The topological polar surface area (TPSA) is 57.7 Å². The Morgan fingerprint density at radius 2 is 1.84 bits per heavy atom. The highest BCUT2D eigenvalue weighted by molar-refractivity contribution is 7.80. The second-order valence-corrected chi connectivity index (χ2v) is 9.03. The van der Waals surface area contributed by atoms with Crippen LogP contribution in [-0.4, -0.2) is 53.8 Å². The van der Waals surface area contributed by atoms with Gasteiger partial charge in [-0.05, 0) is 43.8 Å². The Morgan fingerprint density at radius 3 is 2.50 bits per heavy atom. The molecule has 2 aromatic heterocycles. The van der Waals surface area contributed by atoms with Crippen molar-refractivity contribution in [1.29, 1.82) is 0 Å². The lowest BCUT2D eigenvalue weighted by Crippen LogP contribution is -2.50. The molecule has 4 rings (SSSR count). The summed E-state index contributed by atoms with van der Waals surface area (Å²) in [5, 5.41) is 4.70. The number of esters is 1. The molecule has 1 N–H and O–H groups in total. The molecule has 0 radical (unpaired) electrons. The third-order valence-electron chi connectivity index (χ3n) is 5.39. The molecule has 1 aliphatic heterocycles. The SMILES string of the molecule is CCOC(=O)c1c(NC(=S)N2CCN(c3ccccn3)CC2)sc(C)c1-c1ccccc1. The molecule has 6 nitrogen and oxygen atoms in total. The zero-order valence-electron chi connectivity index (χ0n) is 18.2. The highest BCUT2D eigenvalue weighted by atomic mass is 32.1. The molecule has 0 saturated carbocycles. The number of benzene rings is 1. The summed E-state index contributed by atoms with van der Waals surface area (Å²) in [5.74, 6) is 0.651. The lowest BCUT2D eigenvalue weighted by Gasteiger charge is -2.36. The Balaban J connectivity index is 1.52. The first-order valence-corrected chi connectivity index (χ1v) is 11.9. The Labute approximate surface area is 197 Å². The number of carbonyl (C=O) groups excluding carboxylic acids is 1. The fraction of sp³-hybridized carbons (Fsp3) is 0.292. The molecule has 3 heterocycles. The minimum absolute atomic E-state index is 0.321. The fourth-order valence-electron chi connectivity index (χ4n) is 3.84. The molecular weight excluding hydrogens is 440 g/mol. The Morgan fingerprint density at radius 1 is 1.12 bits per heavy atom. The van der Waals surface area contributed by atoms with E-state index in [2.05, 4.69) is 20.1 Å². The van der Waals surface area contributed by atoms with E-state index in [1.54, 1.807) is 0 Å². The minimum atomic E-state index is -0.332. The van der Waals surface area contributed by atoms with E-state index >= 15 is 0 Å². The molecule has 0 spiro atoms. The summed E-state index contributed by atoms with van der Waals surface area (Å²) < 4.78 is 5.39. The van der Waals surface area contributed by atoms with Crippen LogP contribution in [0.15, 0.2) is 54.7 Å². The van der Waals surface area contributed by atoms with Crippen LogP contribution in [-0.2, 0) is 4.74 Å². The molecule has 1 aliphatic rings. The van der Waals surface area contributed by atoms with Gasteiger partial charge >= 0.3 is 5.97 Å². The van der Waals surface area contributed by atoms with Gasteiger partial charge in [-0.25, -0.2) is 9.78 Å². The molecule has 1 saturated heterocycles. The third kappa shape index (κ3) is 4.76. The predicted molar refractivity (Wildman–Crippen MR) is 135 cm³/mol. The number of aryl methyl sites for hydroxylation is 1. The first kappa shape index (κ1) is 22.2. The number of hydrogen-bond acceptors (Lipinski definition) is 6. The van der Waals surface area contributed by atoms with Crippen LogP contribution in [0.4, 0.5) is 10.8 Å². The van der Waals surface area contributed by atoms with Crippen LogP contribution in [0, 0.1) is 6.92 Å². The second-order valence-electron chi connectivity index (χ2n) is 7.42. The Kier molecular flexibility index (Phi) is 7.02. The molecule has 0 aliphatic carbocycles. The zero-order valence-corrected chi connectivity index (χ0v) is 19.8. The molecular formula is C24H26N4O2S2. The quantitative estimate of drug-likeness (QED) is 0.428. The number of aromatic nitrogens is 1. The molecule has 0 bridgehead atoms. The lowest BCUT2D eigenvalue weighted by atomic mass is 10.0. The van der Waals surface area contributed by atoms with Gasteiger partial charge in [0.15, 0.2) is 5.11 Å². The fourth-order valence-corrected chi connectivity index (χ4v) is 5.25. The number of nitrogens with zero attached hydrogens (tertiary/aromatic N) is 3. The highest BCUT2D eigenvalue weighted by Crippen LogP contribution is 2.40. The van der Waals surface area contributed by atoms with Crippen LogP contribution in [0.3, 0.4) is 0 Å². The van der Waals surface area contributed by atoms with Crippen LogP contribution in [0.25, 0.3) is 11.1 Å². The van der Waals surface area contributed by atoms with Gasteiger partial charge in [-0.1, -0.05) is 36.4 Å². The molecule has 3 aromatic rings. The zero-order chi connectivity index (χ0) is 22.5. The van der Waals surface area contributed by atoms with Crippen molar-refractivity contribution in [2.24, 2.45) is 0 Å². The summed E-state index contributed by atoms with van der Waals surface area (Å²) in [7, 11) is 0. The summed E-state index contributed by atoms with van der Waals surface area (Å²) in [6.07, 6.45) is 1.81. The van der Waals surface area contributed by atoms with Crippen molar-refractivity contribution in [1.82, 2.24) is 9.88 Å². The van der Waals surface area contributed by atoms with Crippen LogP contribution < -0.4 is 10.2 Å². The van der Waals surface area contributed by atoms with Crippen LogP contribution in [0.1, 0.15) is 22.2 Å². The maximum Gasteiger partial charge on any atom is 0.341 e. The molecule has 32 heavy (non-hydrogen) atoms. The monoisotopic (exact) mass is 466 g/mol. The summed E-state index contributed by atoms with van der Waals surface area (Å²) in [4.78, 5) is 22.8. The van der Waals surface area contributed by atoms with Crippen molar-refractivity contribution in [3.63, 3.8) is 0 Å². The number of nitrogens with one attached hydrogen (secondary N) is 1. The molecule has 0 amide bonds. The molecule has 8 heteroatoms. The van der Waals surface area contributed by atoms with E-state index in [9.17, 15) is 4.79 Å². The van der Waals surface area contributed by atoms with E-state index in [0.29, 0.717) is 17.3 Å².